The topological polar surface area (TPSA) is 114 Å². The van der Waals surface area contributed by atoms with Gasteiger partial charge in [-0.2, -0.15) is 0 Å². The van der Waals surface area contributed by atoms with Crippen LogP contribution in [0.3, 0.4) is 0 Å². The maximum Gasteiger partial charge on any atom is 0.407 e. The molecule has 0 spiro atoms. The Bertz CT molecular complexity index is 1340. The lowest BCUT2D eigenvalue weighted by Crippen LogP contribution is -2.53. The maximum absolute atomic E-state index is 13.1. The summed E-state index contributed by atoms with van der Waals surface area (Å²) in [5.74, 6) is -1.69. The van der Waals surface area contributed by atoms with Crippen molar-refractivity contribution < 1.29 is 29.0 Å². The van der Waals surface area contributed by atoms with Crippen molar-refractivity contribution in [3.05, 3.63) is 95.6 Å². The first-order chi connectivity index (χ1) is 19.8. The predicted octanol–water partition coefficient (Wildman–Crippen LogP) is 5.40. The first-order valence-electron chi connectivity index (χ1n) is 14.2. The summed E-state index contributed by atoms with van der Waals surface area (Å²) >= 11 is 0. The van der Waals surface area contributed by atoms with E-state index in [1.54, 1.807) is 6.92 Å². The Labute approximate surface area is 240 Å². The van der Waals surface area contributed by atoms with Gasteiger partial charge in [0.05, 0.1) is 18.2 Å². The molecule has 2 aliphatic rings. The second kappa shape index (κ2) is 12.6. The molecule has 0 bridgehead atoms. The molecule has 3 aromatic rings. The summed E-state index contributed by atoms with van der Waals surface area (Å²) in [5.41, 5.74) is 4.67. The van der Waals surface area contributed by atoms with Crippen LogP contribution in [0.25, 0.3) is 11.1 Å². The van der Waals surface area contributed by atoms with Crippen LogP contribution in [0.1, 0.15) is 61.6 Å². The van der Waals surface area contributed by atoms with Crippen molar-refractivity contribution in [1.29, 1.82) is 0 Å². The first-order valence-corrected chi connectivity index (χ1v) is 14.2. The van der Waals surface area contributed by atoms with Crippen LogP contribution in [-0.4, -0.2) is 47.4 Å². The van der Waals surface area contributed by atoms with Gasteiger partial charge in [0.2, 0.25) is 5.91 Å². The number of carboxylic acids is 1. The predicted molar refractivity (Wildman–Crippen MR) is 154 cm³/mol. The summed E-state index contributed by atoms with van der Waals surface area (Å²) < 4.78 is 11.5. The standard InChI is InChI=1S/C33H36N2O6/c1-22(40-20-23-11-3-2-4-12-23)30(31(37)38)34-29(36)19-33(17-9-10-18-33)35-32(39)41-21-28-26-15-7-5-13-24(26)25-14-6-8-16-27(25)28/h2-8,11-16,22,28,30H,9-10,17-21H2,1H3,(H,34,36)(H,35,39)(H,37,38)/t22-,30+/m0/s1. The molecule has 3 aromatic carbocycles. The first kappa shape index (κ1) is 28.4. The Kier molecular flexibility index (Phi) is 8.69. The minimum atomic E-state index is -1.22. The van der Waals surface area contributed by atoms with Crippen molar-refractivity contribution in [2.24, 2.45) is 0 Å². The lowest BCUT2D eigenvalue weighted by Gasteiger charge is -2.31. The van der Waals surface area contributed by atoms with Crippen molar-refractivity contribution in [2.75, 3.05) is 6.61 Å². The highest BCUT2D eigenvalue weighted by molar-refractivity contribution is 5.85. The number of carbonyl (C=O) groups is 3. The van der Waals surface area contributed by atoms with E-state index in [9.17, 15) is 19.5 Å². The van der Waals surface area contributed by atoms with Gasteiger partial charge in [0, 0.05) is 12.3 Å². The molecule has 1 fully saturated rings. The second-order valence-electron chi connectivity index (χ2n) is 11.0. The van der Waals surface area contributed by atoms with Crippen molar-refractivity contribution in [3.8, 4) is 11.1 Å². The molecule has 2 atom stereocenters. The summed E-state index contributed by atoms with van der Waals surface area (Å²) in [7, 11) is 0. The van der Waals surface area contributed by atoms with Crippen LogP contribution in [0.2, 0.25) is 0 Å². The minimum Gasteiger partial charge on any atom is -0.480 e. The quantitative estimate of drug-likeness (QED) is 0.291. The molecule has 0 aromatic heterocycles. The van der Waals surface area contributed by atoms with Gasteiger partial charge in [0.1, 0.15) is 6.61 Å². The normalized spacial score (nSPS) is 16.7. The van der Waals surface area contributed by atoms with Crippen LogP contribution in [0.5, 0.6) is 0 Å². The molecule has 3 N–H and O–H groups in total. The summed E-state index contributed by atoms with van der Waals surface area (Å²) in [5, 5.41) is 15.4. The summed E-state index contributed by atoms with van der Waals surface area (Å²) in [4.78, 5) is 38.1. The average molecular weight is 557 g/mol. The van der Waals surface area contributed by atoms with Crippen molar-refractivity contribution in [3.63, 3.8) is 0 Å². The smallest absolute Gasteiger partial charge is 0.407 e. The molecule has 0 aliphatic heterocycles. The number of rotatable bonds is 11. The Morgan fingerprint density at radius 1 is 0.902 bits per heavy atom. The summed E-state index contributed by atoms with van der Waals surface area (Å²) in [6.45, 7) is 2.04. The monoisotopic (exact) mass is 556 g/mol. The van der Waals surface area contributed by atoms with E-state index >= 15 is 0 Å². The van der Waals surface area contributed by atoms with Crippen molar-refractivity contribution >= 4 is 18.0 Å². The fourth-order valence-electron chi connectivity index (χ4n) is 6.06. The number of benzene rings is 3. The van der Waals surface area contributed by atoms with Gasteiger partial charge in [0.15, 0.2) is 6.04 Å². The van der Waals surface area contributed by atoms with E-state index in [1.165, 1.54) is 0 Å². The highest BCUT2D eigenvalue weighted by atomic mass is 16.5. The van der Waals surface area contributed by atoms with Crippen LogP contribution in [0, 0.1) is 0 Å². The lowest BCUT2D eigenvalue weighted by molar-refractivity contribution is -0.146. The summed E-state index contributed by atoms with van der Waals surface area (Å²) in [6.07, 6.45) is 1.57. The molecule has 0 saturated heterocycles. The number of ether oxygens (including phenoxy) is 2. The third-order valence-electron chi connectivity index (χ3n) is 8.18. The number of nitrogens with one attached hydrogen (secondary N) is 2. The van der Waals surface area contributed by atoms with E-state index in [-0.39, 0.29) is 25.6 Å². The van der Waals surface area contributed by atoms with Crippen LogP contribution < -0.4 is 10.6 Å². The Morgan fingerprint density at radius 3 is 2.10 bits per heavy atom. The zero-order chi connectivity index (χ0) is 28.8. The van der Waals surface area contributed by atoms with Gasteiger partial charge < -0.3 is 25.2 Å². The van der Waals surface area contributed by atoms with Crippen molar-refractivity contribution in [2.45, 2.75) is 69.2 Å². The number of hydrogen-bond acceptors (Lipinski definition) is 5. The highest BCUT2D eigenvalue weighted by Gasteiger charge is 2.40. The molecular weight excluding hydrogens is 520 g/mol. The SMILES string of the molecule is C[C@H](OCc1ccccc1)[C@@H](NC(=O)CC1(NC(=O)OCC2c3ccccc3-c3ccccc32)CCCC1)C(=O)O. The number of aliphatic carboxylic acids is 1. The molecule has 2 amide bonds. The fourth-order valence-corrected chi connectivity index (χ4v) is 6.06. The highest BCUT2D eigenvalue weighted by Crippen LogP contribution is 2.44. The minimum absolute atomic E-state index is 0.0353. The third-order valence-corrected chi connectivity index (χ3v) is 8.18. The number of fused-ring (bicyclic) bond motifs is 3. The molecule has 5 rings (SSSR count). The zero-order valence-electron chi connectivity index (χ0n) is 23.2. The number of amides is 2. The van der Waals surface area contributed by atoms with Gasteiger partial charge >= 0.3 is 12.1 Å². The third kappa shape index (κ3) is 6.60. The molecule has 0 radical (unpaired) electrons. The van der Waals surface area contributed by atoms with Gasteiger partial charge in [-0.05, 0) is 47.6 Å². The van der Waals surface area contributed by atoms with Crippen LogP contribution in [-0.2, 0) is 25.7 Å². The molecule has 0 heterocycles. The van der Waals surface area contributed by atoms with Crippen LogP contribution in [0.4, 0.5) is 4.79 Å². The summed E-state index contributed by atoms with van der Waals surface area (Å²) in [6, 6.07) is 24.5. The molecule has 8 heteroatoms. The average Bonchev–Trinajstić information content (AvgIpc) is 3.56. The maximum atomic E-state index is 13.1. The molecule has 8 nitrogen and oxygen atoms in total. The number of hydrogen-bond donors (Lipinski definition) is 3. The Balaban J connectivity index is 1.18. The lowest BCUT2D eigenvalue weighted by atomic mass is 9.92. The largest absolute Gasteiger partial charge is 0.480 e. The van der Waals surface area contributed by atoms with E-state index in [0.717, 1.165) is 40.7 Å². The number of alkyl carbamates (subject to hydrolysis) is 1. The van der Waals surface area contributed by atoms with Crippen LogP contribution in [0.15, 0.2) is 78.9 Å². The molecular formula is C33H36N2O6. The van der Waals surface area contributed by atoms with Crippen LogP contribution >= 0.6 is 0 Å². The van der Waals surface area contributed by atoms with E-state index in [1.807, 2.05) is 54.6 Å². The van der Waals surface area contributed by atoms with E-state index in [4.69, 9.17) is 9.47 Å². The molecule has 214 valence electrons. The van der Waals surface area contributed by atoms with E-state index < -0.39 is 35.7 Å². The molecule has 2 aliphatic carbocycles. The number of carboxylic acid groups (broad SMARTS) is 1. The fraction of sp³-hybridized carbons (Fsp3) is 0.364. The molecule has 1 saturated carbocycles. The molecule has 41 heavy (non-hydrogen) atoms. The van der Waals surface area contributed by atoms with Gasteiger partial charge in [-0.3, -0.25) is 4.79 Å². The molecule has 0 unspecified atom stereocenters. The number of carbonyl (C=O) groups excluding carboxylic acids is 2. The second-order valence-corrected chi connectivity index (χ2v) is 11.0. The van der Waals surface area contributed by atoms with Crippen molar-refractivity contribution in [1.82, 2.24) is 10.6 Å². The van der Waals surface area contributed by atoms with Gasteiger partial charge in [-0.15, -0.1) is 0 Å². The Hall–Kier alpha value is -4.17. The van der Waals surface area contributed by atoms with Gasteiger partial charge in [-0.25, -0.2) is 9.59 Å². The van der Waals surface area contributed by atoms with E-state index in [2.05, 4.69) is 34.9 Å². The Morgan fingerprint density at radius 2 is 1.49 bits per heavy atom. The van der Waals surface area contributed by atoms with Gasteiger partial charge in [0.25, 0.3) is 0 Å². The van der Waals surface area contributed by atoms with Gasteiger partial charge in [-0.1, -0.05) is 91.7 Å². The zero-order valence-corrected chi connectivity index (χ0v) is 23.2. The van der Waals surface area contributed by atoms with E-state index in [0.29, 0.717) is 12.8 Å².